The predicted molar refractivity (Wildman–Crippen MR) is 127 cm³/mol. The Morgan fingerprint density at radius 2 is 1.70 bits per heavy atom. The number of rotatable bonds is 14. The van der Waals surface area contributed by atoms with E-state index in [1.54, 1.807) is 13.0 Å². The first-order chi connectivity index (χ1) is 14.2. The van der Waals surface area contributed by atoms with E-state index in [4.69, 9.17) is 4.43 Å². The van der Waals surface area contributed by atoms with Gasteiger partial charge in [0.25, 0.3) is 0 Å². The zero-order valence-corrected chi connectivity index (χ0v) is 21.1. The van der Waals surface area contributed by atoms with Crippen LogP contribution in [0, 0.1) is 17.8 Å². The van der Waals surface area contributed by atoms with E-state index < -0.39 is 26.0 Å². The van der Waals surface area contributed by atoms with Gasteiger partial charge in [0.15, 0.2) is 8.32 Å². The second-order valence-electron chi connectivity index (χ2n) is 9.65. The molecule has 4 nitrogen and oxygen atoms in total. The minimum atomic E-state index is -1.59. The number of methoxy groups -OCH3 is 1. The lowest BCUT2D eigenvalue weighted by Gasteiger charge is -2.28. The number of hydrogen-bond donors (Lipinski definition) is 0. The molecule has 0 N–H and O–H groups in total. The van der Waals surface area contributed by atoms with Gasteiger partial charge < -0.3 is 9.16 Å². The molecule has 1 unspecified atom stereocenters. The Kier molecular flexibility index (Phi) is 12.5. The Labute approximate surface area is 185 Å². The van der Waals surface area contributed by atoms with Crippen molar-refractivity contribution in [1.29, 1.82) is 0 Å². The van der Waals surface area contributed by atoms with Gasteiger partial charge in [-0.25, -0.2) is 4.79 Å². The second kappa shape index (κ2) is 14.0. The first-order valence-electron chi connectivity index (χ1n) is 11.8. The van der Waals surface area contributed by atoms with Gasteiger partial charge in [0.2, 0.25) is 5.78 Å². The zero-order valence-electron chi connectivity index (χ0n) is 20.1. The van der Waals surface area contributed by atoms with Gasteiger partial charge >= 0.3 is 5.97 Å². The molecule has 1 aliphatic carbocycles. The van der Waals surface area contributed by atoms with E-state index in [9.17, 15) is 9.59 Å². The highest BCUT2D eigenvalue weighted by Gasteiger charge is 2.36. The van der Waals surface area contributed by atoms with E-state index in [0.717, 1.165) is 6.42 Å². The van der Waals surface area contributed by atoms with Gasteiger partial charge in [-0.05, 0) is 44.8 Å². The van der Waals surface area contributed by atoms with Gasteiger partial charge in [0.05, 0.1) is 13.2 Å². The molecule has 0 saturated heterocycles. The fourth-order valence-corrected chi connectivity index (χ4v) is 5.44. The monoisotopic (exact) mass is 436 g/mol. The Morgan fingerprint density at radius 1 is 1.03 bits per heavy atom. The van der Waals surface area contributed by atoms with E-state index in [1.807, 2.05) is 12.2 Å². The van der Waals surface area contributed by atoms with Crippen LogP contribution in [0.4, 0.5) is 0 Å². The zero-order chi connectivity index (χ0) is 22.6. The molecule has 4 atom stereocenters. The van der Waals surface area contributed by atoms with Crippen molar-refractivity contribution in [2.24, 2.45) is 17.8 Å². The summed E-state index contributed by atoms with van der Waals surface area (Å²) >= 11 is 0. The van der Waals surface area contributed by atoms with Crippen LogP contribution >= 0.6 is 0 Å². The van der Waals surface area contributed by atoms with E-state index >= 15 is 0 Å². The molecule has 0 amide bonds. The number of esters is 1. The Hall–Kier alpha value is -1.20. The van der Waals surface area contributed by atoms with Crippen molar-refractivity contribution >= 4 is 20.1 Å². The van der Waals surface area contributed by atoms with Gasteiger partial charge in [-0.1, -0.05) is 76.7 Å². The molecule has 172 valence electrons. The maximum atomic E-state index is 11.8. The van der Waals surface area contributed by atoms with Crippen molar-refractivity contribution in [1.82, 2.24) is 0 Å². The quantitative estimate of drug-likeness (QED) is 0.103. The average molecular weight is 437 g/mol. The lowest BCUT2D eigenvalue weighted by molar-refractivity contribution is -0.152. The molecule has 0 aromatic rings. The number of ketones is 1. The van der Waals surface area contributed by atoms with Crippen molar-refractivity contribution < 1.29 is 18.8 Å². The topological polar surface area (TPSA) is 52.6 Å². The van der Waals surface area contributed by atoms with Crippen molar-refractivity contribution in [3.8, 4) is 0 Å². The summed E-state index contributed by atoms with van der Waals surface area (Å²) in [6.07, 6.45) is 19.9. The minimum absolute atomic E-state index is 0.306. The molecule has 0 aromatic carbocycles. The molecular weight excluding hydrogens is 392 g/mol. The highest BCUT2D eigenvalue weighted by molar-refractivity contribution is 6.69. The molecule has 0 aromatic heterocycles. The van der Waals surface area contributed by atoms with E-state index in [2.05, 4.69) is 37.4 Å². The van der Waals surface area contributed by atoms with Crippen LogP contribution in [0.3, 0.4) is 0 Å². The number of Topliss-reactive ketones (excluding diaryl/α,β-unsaturated/α-hetero) is 1. The third kappa shape index (κ3) is 10.2. The van der Waals surface area contributed by atoms with Crippen LogP contribution in [-0.2, 0) is 18.8 Å². The Morgan fingerprint density at radius 3 is 2.33 bits per heavy atom. The summed E-state index contributed by atoms with van der Waals surface area (Å²) < 4.78 is 11.0. The van der Waals surface area contributed by atoms with Crippen LogP contribution in [0.2, 0.25) is 19.6 Å². The third-order valence-corrected chi connectivity index (χ3v) is 6.88. The molecular formula is C25H44O4Si. The summed E-state index contributed by atoms with van der Waals surface area (Å²) in [5, 5.41) is 0. The highest BCUT2D eigenvalue weighted by atomic mass is 28.4. The summed E-state index contributed by atoms with van der Waals surface area (Å²) in [5.41, 5.74) is 0. The molecule has 0 spiro atoms. The lowest BCUT2D eigenvalue weighted by Crippen LogP contribution is -2.34. The smallest absolute Gasteiger partial charge is 0.374 e. The number of allylic oxidation sites excluding steroid dienone is 3. The maximum absolute atomic E-state index is 11.8. The number of carbonyl (C=O) groups excluding carboxylic acids is 2. The van der Waals surface area contributed by atoms with Gasteiger partial charge in [-0.3, -0.25) is 4.79 Å². The largest absolute Gasteiger partial charge is 0.463 e. The fourth-order valence-electron chi connectivity index (χ4n) is 4.26. The van der Waals surface area contributed by atoms with Gasteiger partial charge in [0.1, 0.15) is 0 Å². The standard InChI is InChI=1S/C25H44O4Si/c1-7-8-9-10-11-12-16-21-18-19-23(29-30(4,5)6)22(21)17-14-13-15-20(2)24(26)25(27)28-3/h13-15,17,20-23H,7-12,16,18-19H2,1-6H3/t20?,21-,22+,23-/m0/s1. The molecule has 1 aliphatic rings. The second-order valence-corrected chi connectivity index (χ2v) is 14.1. The SMILES string of the molecule is CCCCCCCC[C@H]1CC[C@H](O[Si](C)(C)C)[C@@H]1C=CC=CC(C)C(=O)C(=O)OC. The molecule has 0 bridgehead atoms. The van der Waals surface area contributed by atoms with Crippen LogP contribution in [0.25, 0.3) is 0 Å². The molecule has 30 heavy (non-hydrogen) atoms. The first kappa shape index (κ1) is 26.8. The molecule has 1 saturated carbocycles. The van der Waals surface area contributed by atoms with Crippen LogP contribution in [0.5, 0.6) is 0 Å². The van der Waals surface area contributed by atoms with Gasteiger partial charge in [-0.2, -0.15) is 0 Å². The van der Waals surface area contributed by atoms with E-state index in [-0.39, 0.29) is 0 Å². The summed E-state index contributed by atoms with van der Waals surface area (Å²) in [5.74, 6) is -0.656. The molecule has 0 radical (unpaired) electrons. The third-order valence-electron chi connectivity index (χ3n) is 5.87. The predicted octanol–water partition coefficient (Wildman–Crippen LogP) is 6.47. The molecule has 0 aliphatic heterocycles. The number of ether oxygens (including phenoxy) is 1. The van der Waals surface area contributed by atoms with Crippen molar-refractivity contribution in [2.75, 3.05) is 7.11 Å². The Bertz CT molecular complexity index is 576. The molecule has 1 rings (SSSR count). The normalized spacial score (nSPS) is 23.3. The van der Waals surface area contributed by atoms with Gasteiger partial charge in [-0.15, -0.1) is 0 Å². The van der Waals surface area contributed by atoms with Crippen LogP contribution < -0.4 is 0 Å². The average Bonchev–Trinajstić information content (AvgIpc) is 3.06. The van der Waals surface area contributed by atoms with Crippen molar-refractivity contribution in [3.05, 3.63) is 24.3 Å². The molecule has 1 fully saturated rings. The van der Waals surface area contributed by atoms with Crippen molar-refractivity contribution in [3.63, 3.8) is 0 Å². The lowest BCUT2D eigenvalue weighted by atomic mass is 9.89. The van der Waals surface area contributed by atoms with Crippen LogP contribution in [0.1, 0.15) is 71.6 Å². The Balaban J connectivity index is 2.67. The number of carbonyl (C=O) groups is 2. The van der Waals surface area contributed by atoms with E-state index in [0.29, 0.717) is 17.9 Å². The van der Waals surface area contributed by atoms with Gasteiger partial charge in [0, 0.05) is 11.8 Å². The molecule has 5 heteroatoms. The van der Waals surface area contributed by atoms with Crippen LogP contribution in [0.15, 0.2) is 24.3 Å². The number of hydrogen-bond acceptors (Lipinski definition) is 4. The minimum Gasteiger partial charge on any atom is -0.463 e. The summed E-state index contributed by atoms with van der Waals surface area (Å²) in [6.45, 7) is 10.8. The molecule has 0 heterocycles. The number of unbranched alkanes of at least 4 members (excludes halogenated alkanes) is 5. The first-order valence-corrected chi connectivity index (χ1v) is 15.2. The summed E-state index contributed by atoms with van der Waals surface area (Å²) in [6, 6.07) is 0. The van der Waals surface area contributed by atoms with Crippen molar-refractivity contribution in [2.45, 2.75) is 97.4 Å². The van der Waals surface area contributed by atoms with Crippen LogP contribution in [-0.4, -0.2) is 33.3 Å². The highest BCUT2D eigenvalue weighted by Crippen LogP contribution is 2.39. The summed E-state index contributed by atoms with van der Waals surface area (Å²) in [7, 11) is -0.356. The fraction of sp³-hybridized carbons (Fsp3) is 0.760. The van der Waals surface area contributed by atoms with E-state index in [1.165, 1.54) is 58.5 Å². The summed E-state index contributed by atoms with van der Waals surface area (Å²) in [4.78, 5) is 23.2. The maximum Gasteiger partial charge on any atom is 0.374 e.